The van der Waals surface area contributed by atoms with E-state index in [1.54, 1.807) is 0 Å². The molecule has 0 N–H and O–H groups in total. The van der Waals surface area contributed by atoms with E-state index in [-0.39, 0.29) is 11.7 Å². The maximum Gasteiger partial charge on any atom is 0.438 e. The first-order chi connectivity index (χ1) is 14.6. The lowest BCUT2D eigenvalue weighted by Crippen LogP contribution is -2.34. The molecule has 4 rings (SSSR count). The summed E-state index contributed by atoms with van der Waals surface area (Å²) in [5, 5.41) is 13.2. The zero-order valence-corrected chi connectivity index (χ0v) is 16.5. The van der Waals surface area contributed by atoms with Gasteiger partial charge in [-0.25, -0.2) is 9.18 Å². The Balaban J connectivity index is 1.36. The van der Waals surface area contributed by atoms with Gasteiger partial charge < -0.3 is 4.42 Å². The molecule has 8 heteroatoms. The summed E-state index contributed by atoms with van der Waals surface area (Å²) in [4.78, 5) is 16.7. The highest BCUT2D eigenvalue weighted by Gasteiger charge is 2.18. The number of benzene rings is 2. The van der Waals surface area contributed by atoms with Crippen LogP contribution in [0.4, 0.5) is 4.39 Å². The smallest absolute Gasteiger partial charge is 0.388 e. The average molecular weight is 407 g/mol. The molecule has 0 spiro atoms. The number of halogens is 1. The van der Waals surface area contributed by atoms with E-state index in [0.717, 1.165) is 39.1 Å². The number of rotatable bonds is 5. The van der Waals surface area contributed by atoms with Crippen molar-refractivity contribution in [1.29, 1.82) is 5.26 Å². The van der Waals surface area contributed by atoms with Crippen molar-refractivity contribution in [1.82, 2.24) is 19.6 Å². The van der Waals surface area contributed by atoms with Crippen LogP contribution in [0.2, 0.25) is 0 Å². The Hall–Kier alpha value is -3.28. The summed E-state index contributed by atoms with van der Waals surface area (Å²) in [5.74, 6) is -0.680. The molecule has 30 heavy (non-hydrogen) atoms. The van der Waals surface area contributed by atoms with E-state index in [0.29, 0.717) is 17.8 Å². The molecule has 7 nitrogen and oxygen atoms in total. The molecule has 0 bridgehead atoms. The van der Waals surface area contributed by atoms with Crippen LogP contribution in [-0.2, 0) is 13.2 Å². The third-order valence-electron chi connectivity index (χ3n) is 5.20. The molecule has 1 fully saturated rings. The number of hydrogen-bond donors (Lipinski definition) is 0. The second kappa shape index (κ2) is 9.03. The van der Waals surface area contributed by atoms with E-state index in [2.05, 4.69) is 21.0 Å². The van der Waals surface area contributed by atoms with Gasteiger partial charge in [-0.3, -0.25) is 9.80 Å². The van der Waals surface area contributed by atoms with Gasteiger partial charge in [0.15, 0.2) is 0 Å². The van der Waals surface area contributed by atoms with Crippen LogP contribution >= 0.6 is 0 Å². The van der Waals surface area contributed by atoms with Crippen molar-refractivity contribution in [3.8, 4) is 17.5 Å². The van der Waals surface area contributed by atoms with Crippen LogP contribution < -0.4 is 5.76 Å². The summed E-state index contributed by atoms with van der Waals surface area (Å²) in [6.45, 7) is 4.69. The van der Waals surface area contributed by atoms with Crippen molar-refractivity contribution in [3.63, 3.8) is 0 Å². The third-order valence-corrected chi connectivity index (χ3v) is 5.20. The summed E-state index contributed by atoms with van der Waals surface area (Å²) < 4.78 is 19.7. The van der Waals surface area contributed by atoms with Crippen molar-refractivity contribution < 1.29 is 8.81 Å². The van der Waals surface area contributed by atoms with E-state index in [4.69, 9.17) is 9.68 Å². The second-order valence-corrected chi connectivity index (χ2v) is 7.38. The summed E-state index contributed by atoms with van der Waals surface area (Å²) >= 11 is 0. The molecule has 2 heterocycles. The van der Waals surface area contributed by atoms with E-state index < -0.39 is 5.76 Å². The molecule has 0 aliphatic carbocycles. The first kappa shape index (κ1) is 20.0. The molecule has 154 valence electrons. The van der Waals surface area contributed by atoms with Gasteiger partial charge in [0.1, 0.15) is 12.5 Å². The summed E-state index contributed by atoms with van der Waals surface area (Å²) in [6.07, 6.45) is 0.980. The second-order valence-electron chi connectivity index (χ2n) is 7.38. The van der Waals surface area contributed by atoms with Gasteiger partial charge in [0.05, 0.1) is 11.6 Å². The molecule has 1 aliphatic rings. The lowest BCUT2D eigenvalue weighted by atomic mass is 10.1. The molecule has 0 unspecified atom stereocenters. The third kappa shape index (κ3) is 4.82. The normalized spacial score (nSPS) is 15.6. The van der Waals surface area contributed by atoms with Crippen LogP contribution in [0.3, 0.4) is 0 Å². The molecule has 0 saturated carbocycles. The Labute approximate surface area is 173 Å². The first-order valence-electron chi connectivity index (χ1n) is 9.88. The number of hydrogen-bond acceptors (Lipinski definition) is 6. The molecule has 0 atom stereocenters. The monoisotopic (exact) mass is 407 g/mol. The predicted octanol–water partition coefficient (Wildman–Crippen LogP) is 2.68. The highest BCUT2D eigenvalue weighted by molar-refractivity contribution is 5.51. The van der Waals surface area contributed by atoms with Crippen LogP contribution in [0, 0.1) is 17.1 Å². The molecule has 1 aliphatic heterocycles. The predicted molar refractivity (Wildman–Crippen MR) is 109 cm³/mol. The van der Waals surface area contributed by atoms with E-state index in [1.165, 1.54) is 34.5 Å². The van der Waals surface area contributed by atoms with E-state index >= 15 is 0 Å². The van der Waals surface area contributed by atoms with E-state index in [1.807, 2.05) is 24.3 Å². The minimum absolute atomic E-state index is 0.192. The standard InChI is InChI=1S/C22H22FN5O2/c23-20-8-6-19(7-9-20)21-25-28(22(29)30-21)16-27-11-1-10-26(12-13-27)15-18-4-2-17(14-24)3-5-18/h2-9H,1,10-13,15-16H2. The average Bonchev–Trinajstić information content (AvgIpc) is 2.97. The fourth-order valence-corrected chi connectivity index (χ4v) is 3.56. The molecule has 2 aromatic carbocycles. The molecular formula is C22H22FN5O2. The Morgan fingerprint density at radius 2 is 1.70 bits per heavy atom. The minimum Gasteiger partial charge on any atom is -0.388 e. The quantitative estimate of drug-likeness (QED) is 0.647. The molecular weight excluding hydrogens is 385 g/mol. The van der Waals surface area contributed by atoms with E-state index in [9.17, 15) is 9.18 Å². The zero-order chi connectivity index (χ0) is 20.9. The van der Waals surface area contributed by atoms with Gasteiger partial charge in [0, 0.05) is 31.7 Å². The van der Waals surface area contributed by atoms with Crippen LogP contribution in [-0.4, -0.2) is 45.8 Å². The van der Waals surface area contributed by atoms with Gasteiger partial charge >= 0.3 is 5.76 Å². The van der Waals surface area contributed by atoms with Gasteiger partial charge in [-0.1, -0.05) is 12.1 Å². The highest BCUT2D eigenvalue weighted by Crippen LogP contribution is 2.16. The van der Waals surface area contributed by atoms with Crippen LogP contribution in [0.1, 0.15) is 17.5 Å². The molecule has 0 radical (unpaired) electrons. The number of nitriles is 1. The maximum atomic E-state index is 13.1. The van der Waals surface area contributed by atoms with Gasteiger partial charge in [-0.2, -0.15) is 9.94 Å². The Kier molecular flexibility index (Phi) is 6.02. The Bertz CT molecular complexity index is 1080. The van der Waals surface area contributed by atoms with Crippen molar-refractivity contribution >= 4 is 0 Å². The maximum absolute atomic E-state index is 13.1. The van der Waals surface area contributed by atoms with Crippen molar-refractivity contribution in [2.45, 2.75) is 19.6 Å². The minimum atomic E-state index is -0.520. The largest absolute Gasteiger partial charge is 0.438 e. The summed E-state index contributed by atoms with van der Waals surface area (Å²) in [5.41, 5.74) is 2.41. The number of aromatic nitrogens is 2. The fourth-order valence-electron chi connectivity index (χ4n) is 3.56. The molecule has 1 aromatic heterocycles. The van der Waals surface area contributed by atoms with Crippen LogP contribution in [0.25, 0.3) is 11.5 Å². The van der Waals surface area contributed by atoms with Gasteiger partial charge in [-0.15, -0.1) is 5.10 Å². The van der Waals surface area contributed by atoms with Crippen molar-refractivity contribution in [2.75, 3.05) is 26.2 Å². The SMILES string of the molecule is N#Cc1ccc(CN2CCCN(Cn3nc(-c4ccc(F)cc4)oc3=O)CC2)cc1. The summed E-state index contributed by atoms with van der Waals surface area (Å²) in [7, 11) is 0. The summed E-state index contributed by atoms with van der Waals surface area (Å²) in [6, 6.07) is 15.5. The lowest BCUT2D eigenvalue weighted by molar-refractivity contribution is 0.200. The van der Waals surface area contributed by atoms with Crippen molar-refractivity contribution in [2.24, 2.45) is 0 Å². The Morgan fingerprint density at radius 3 is 2.43 bits per heavy atom. The highest BCUT2D eigenvalue weighted by atomic mass is 19.1. The van der Waals surface area contributed by atoms with Gasteiger partial charge in [0.2, 0.25) is 5.89 Å². The topological polar surface area (TPSA) is 78.3 Å². The van der Waals surface area contributed by atoms with Crippen LogP contribution in [0.15, 0.2) is 57.7 Å². The molecule has 0 amide bonds. The van der Waals surface area contributed by atoms with Crippen LogP contribution in [0.5, 0.6) is 0 Å². The molecule has 1 saturated heterocycles. The first-order valence-corrected chi connectivity index (χ1v) is 9.88. The van der Waals surface area contributed by atoms with Gasteiger partial charge in [-0.05, 0) is 54.9 Å². The lowest BCUT2D eigenvalue weighted by Gasteiger charge is -2.21. The molecule has 3 aromatic rings. The zero-order valence-electron chi connectivity index (χ0n) is 16.5. The fraction of sp³-hybridized carbons (Fsp3) is 0.318. The van der Waals surface area contributed by atoms with Crippen molar-refractivity contribution in [3.05, 3.63) is 76.0 Å². The Morgan fingerprint density at radius 1 is 1.00 bits per heavy atom. The van der Waals surface area contributed by atoms with Gasteiger partial charge in [0.25, 0.3) is 0 Å². The number of nitrogens with zero attached hydrogens (tertiary/aromatic N) is 5.